The van der Waals surface area contributed by atoms with Crippen molar-refractivity contribution in [3.8, 4) is 6.07 Å². The fourth-order valence-corrected chi connectivity index (χ4v) is 1.80. The highest BCUT2D eigenvalue weighted by Gasteiger charge is 2.30. The predicted octanol–water partition coefficient (Wildman–Crippen LogP) is 1.00. The van der Waals surface area contributed by atoms with Crippen LogP contribution in [0.4, 0.5) is 5.69 Å². The molecular formula is C13H11N3O2. The van der Waals surface area contributed by atoms with E-state index in [1.807, 2.05) is 6.07 Å². The van der Waals surface area contributed by atoms with Crippen molar-refractivity contribution < 1.29 is 9.59 Å². The molecule has 2 rings (SSSR count). The molecule has 0 spiro atoms. The molecule has 5 nitrogen and oxygen atoms in total. The standard InChI is InChI=1S/C13H11N3O2/c1-16(2)13(18)9(7-14)11-8-5-3-4-6-10(8)15-12(11)17/h3-6H,1-2H3,(H,15,17)/b11-9-. The number of amides is 2. The number of anilines is 1. The summed E-state index contributed by atoms with van der Waals surface area (Å²) < 4.78 is 0. The van der Waals surface area contributed by atoms with Crippen molar-refractivity contribution in [1.82, 2.24) is 4.90 Å². The van der Waals surface area contributed by atoms with Crippen molar-refractivity contribution in [3.05, 3.63) is 35.4 Å². The van der Waals surface area contributed by atoms with E-state index < -0.39 is 11.8 Å². The van der Waals surface area contributed by atoms with E-state index >= 15 is 0 Å². The maximum Gasteiger partial charge on any atom is 0.264 e. The molecule has 1 heterocycles. The van der Waals surface area contributed by atoms with Gasteiger partial charge >= 0.3 is 0 Å². The Morgan fingerprint density at radius 1 is 1.33 bits per heavy atom. The maximum atomic E-state index is 11.9. The molecule has 1 aromatic rings. The summed E-state index contributed by atoms with van der Waals surface area (Å²) in [5.41, 5.74) is 1.22. The lowest BCUT2D eigenvalue weighted by atomic mass is 10.0. The summed E-state index contributed by atoms with van der Waals surface area (Å²) in [5, 5.41) is 11.8. The summed E-state index contributed by atoms with van der Waals surface area (Å²) >= 11 is 0. The fraction of sp³-hybridized carbons (Fsp3) is 0.154. The number of fused-ring (bicyclic) bond motifs is 1. The Hall–Kier alpha value is -2.61. The molecule has 5 heteroatoms. The van der Waals surface area contributed by atoms with Crippen LogP contribution in [-0.4, -0.2) is 30.8 Å². The number of para-hydroxylation sites is 1. The highest BCUT2D eigenvalue weighted by Crippen LogP contribution is 2.33. The van der Waals surface area contributed by atoms with E-state index in [1.54, 1.807) is 38.4 Å². The molecule has 0 atom stereocenters. The molecule has 1 N–H and O–H groups in total. The van der Waals surface area contributed by atoms with Crippen LogP contribution in [0.25, 0.3) is 5.57 Å². The number of hydrogen-bond donors (Lipinski definition) is 1. The molecule has 1 aromatic carbocycles. The number of carbonyl (C=O) groups is 2. The van der Waals surface area contributed by atoms with Crippen molar-refractivity contribution in [2.75, 3.05) is 19.4 Å². The third-order valence-electron chi connectivity index (χ3n) is 2.65. The summed E-state index contributed by atoms with van der Waals surface area (Å²) in [7, 11) is 3.08. The summed E-state index contributed by atoms with van der Waals surface area (Å²) in [4.78, 5) is 25.0. The van der Waals surface area contributed by atoms with Gasteiger partial charge in [-0.25, -0.2) is 0 Å². The van der Waals surface area contributed by atoms with Crippen LogP contribution in [0.1, 0.15) is 5.56 Å². The molecule has 18 heavy (non-hydrogen) atoms. The second-order valence-electron chi connectivity index (χ2n) is 4.06. The molecule has 0 fully saturated rings. The zero-order valence-corrected chi connectivity index (χ0v) is 10.0. The Morgan fingerprint density at radius 3 is 2.61 bits per heavy atom. The second-order valence-corrected chi connectivity index (χ2v) is 4.06. The molecule has 0 bridgehead atoms. The van der Waals surface area contributed by atoms with E-state index in [0.717, 1.165) is 0 Å². The molecule has 0 saturated carbocycles. The molecule has 1 aliphatic heterocycles. The molecule has 0 saturated heterocycles. The second kappa shape index (κ2) is 4.34. The number of hydrogen-bond acceptors (Lipinski definition) is 3. The molecule has 0 radical (unpaired) electrons. The molecule has 0 unspecified atom stereocenters. The van der Waals surface area contributed by atoms with Gasteiger partial charge in [0, 0.05) is 25.3 Å². The lowest BCUT2D eigenvalue weighted by molar-refractivity contribution is -0.124. The SMILES string of the molecule is CN(C)C(=O)/C(C#N)=C1\C(=O)Nc2ccccc21. The van der Waals surface area contributed by atoms with Gasteiger partial charge in [0.15, 0.2) is 0 Å². The van der Waals surface area contributed by atoms with Crippen LogP contribution in [0.3, 0.4) is 0 Å². The molecule has 2 amide bonds. The van der Waals surface area contributed by atoms with E-state index in [9.17, 15) is 9.59 Å². The van der Waals surface area contributed by atoms with Gasteiger partial charge in [-0.2, -0.15) is 5.26 Å². The first-order chi connectivity index (χ1) is 8.56. The lowest BCUT2D eigenvalue weighted by Gasteiger charge is -2.10. The summed E-state index contributed by atoms with van der Waals surface area (Å²) in [6, 6.07) is 8.80. The molecule has 90 valence electrons. The van der Waals surface area contributed by atoms with Crippen LogP contribution in [0.5, 0.6) is 0 Å². The van der Waals surface area contributed by atoms with E-state index in [1.165, 1.54) is 4.90 Å². The number of nitrogens with zero attached hydrogens (tertiary/aromatic N) is 2. The van der Waals surface area contributed by atoms with E-state index in [4.69, 9.17) is 5.26 Å². The Kier molecular flexibility index (Phi) is 2.86. The zero-order chi connectivity index (χ0) is 13.3. The number of nitrogens with one attached hydrogen (secondary N) is 1. The van der Waals surface area contributed by atoms with Gasteiger partial charge in [0.05, 0.1) is 5.57 Å². The van der Waals surface area contributed by atoms with Crippen LogP contribution in [0.15, 0.2) is 29.8 Å². The number of carbonyl (C=O) groups excluding carboxylic acids is 2. The van der Waals surface area contributed by atoms with Gasteiger partial charge in [0.2, 0.25) is 0 Å². The van der Waals surface area contributed by atoms with Crippen molar-refractivity contribution in [2.24, 2.45) is 0 Å². The van der Waals surface area contributed by atoms with Gasteiger partial charge in [0.25, 0.3) is 11.8 Å². The minimum absolute atomic E-state index is 0.137. The Labute approximate surface area is 104 Å². The average Bonchev–Trinajstić information content (AvgIpc) is 2.67. The van der Waals surface area contributed by atoms with Gasteiger partial charge in [-0.15, -0.1) is 0 Å². The van der Waals surface area contributed by atoms with Gasteiger partial charge in [-0.3, -0.25) is 9.59 Å². The Bertz CT molecular complexity index is 609. The van der Waals surface area contributed by atoms with E-state index in [2.05, 4.69) is 5.32 Å². The van der Waals surface area contributed by atoms with Gasteiger partial charge in [-0.05, 0) is 6.07 Å². The highest BCUT2D eigenvalue weighted by atomic mass is 16.2. The molecular weight excluding hydrogens is 230 g/mol. The van der Waals surface area contributed by atoms with Gasteiger partial charge in [-0.1, -0.05) is 18.2 Å². The van der Waals surface area contributed by atoms with Crippen molar-refractivity contribution in [1.29, 1.82) is 5.26 Å². The van der Waals surface area contributed by atoms with E-state index in [-0.39, 0.29) is 11.1 Å². The monoisotopic (exact) mass is 241 g/mol. The van der Waals surface area contributed by atoms with Crippen LogP contribution in [-0.2, 0) is 9.59 Å². The molecule has 0 aliphatic carbocycles. The molecule has 1 aliphatic rings. The van der Waals surface area contributed by atoms with Crippen LogP contribution >= 0.6 is 0 Å². The zero-order valence-electron chi connectivity index (χ0n) is 10.0. The Morgan fingerprint density at radius 2 is 2.00 bits per heavy atom. The number of rotatable bonds is 1. The summed E-state index contributed by atoms with van der Waals surface area (Å²) in [6.45, 7) is 0. The number of likely N-dealkylation sites (N-methyl/N-ethyl adjacent to an activating group) is 1. The topological polar surface area (TPSA) is 73.2 Å². The van der Waals surface area contributed by atoms with Crippen molar-refractivity contribution in [3.63, 3.8) is 0 Å². The predicted molar refractivity (Wildman–Crippen MR) is 66.3 cm³/mol. The van der Waals surface area contributed by atoms with Crippen LogP contribution < -0.4 is 5.32 Å². The van der Waals surface area contributed by atoms with Crippen LogP contribution in [0, 0.1) is 11.3 Å². The molecule has 0 aromatic heterocycles. The van der Waals surface area contributed by atoms with Gasteiger partial charge < -0.3 is 10.2 Å². The third kappa shape index (κ3) is 1.74. The lowest BCUT2D eigenvalue weighted by Crippen LogP contribution is -2.24. The summed E-state index contributed by atoms with van der Waals surface area (Å²) in [6.07, 6.45) is 0. The number of benzene rings is 1. The maximum absolute atomic E-state index is 11.9. The fourth-order valence-electron chi connectivity index (χ4n) is 1.80. The third-order valence-corrected chi connectivity index (χ3v) is 2.65. The quantitative estimate of drug-likeness (QED) is 0.589. The Balaban J connectivity index is 2.66. The normalized spacial score (nSPS) is 15.5. The van der Waals surface area contributed by atoms with Crippen molar-refractivity contribution in [2.45, 2.75) is 0 Å². The first-order valence-electron chi connectivity index (χ1n) is 5.33. The van der Waals surface area contributed by atoms with Gasteiger partial charge in [0.1, 0.15) is 11.6 Å². The minimum atomic E-state index is -0.473. The smallest absolute Gasteiger partial charge is 0.264 e. The number of nitriles is 1. The van der Waals surface area contributed by atoms with E-state index in [0.29, 0.717) is 11.3 Å². The minimum Gasteiger partial charge on any atom is -0.344 e. The average molecular weight is 241 g/mol. The summed E-state index contributed by atoms with van der Waals surface area (Å²) in [5.74, 6) is -0.887. The first kappa shape index (κ1) is 11.9. The van der Waals surface area contributed by atoms with Crippen molar-refractivity contribution >= 4 is 23.1 Å². The van der Waals surface area contributed by atoms with Crippen LogP contribution in [0.2, 0.25) is 0 Å². The first-order valence-corrected chi connectivity index (χ1v) is 5.33. The largest absolute Gasteiger partial charge is 0.344 e. The highest BCUT2D eigenvalue weighted by molar-refractivity contribution is 6.36.